The Labute approximate surface area is 246 Å². The van der Waals surface area contributed by atoms with Crippen molar-refractivity contribution in [1.29, 1.82) is 5.26 Å². The second kappa shape index (κ2) is 11.0. The zero-order valence-corrected chi connectivity index (χ0v) is 23.7. The second-order valence-corrected chi connectivity index (χ2v) is 10.7. The van der Waals surface area contributed by atoms with Gasteiger partial charge in [-0.25, -0.2) is 13.2 Å². The number of nitriles is 1. The number of nitrogens with one attached hydrogen (secondary N) is 2. The Morgan fingerprint density at radius 2 is 1.74 bits per heavy atom. The van der Waals surface area contributed by atoms with E-state index in [0.29, 0.717) is 22.5 Å². The topological polar surface area (TPSA) is 109 Å². The summed E-state index contributed by atoms with van der Waals surface area (Å²) < 4.78 is 42.6. The molecule has 2 heterocycles. The Morgan fingerprint density at radius 3 is 2.33 bits per heavy atom. The first kappa shape index (κ1) is 29.4. The molecule has 3 amide bonds. The van der Waals surface area contributed by atoms with Crippen molar-refractivity contribution in [2.45, 2.75) is 24.9 Å². The predicted octanol–water partition coefficient (Wildman–Crippen LogP) is 3.84. The predicted molar refractivity (Wildman–Crippen MR) is 154 cm³/mol. The fraction of sp³-hybridized carbons (Fsp3) is 0.290. The molecule has 0 unspecified atom stereocenters. The van der Waals surface area contributed by atoms with Crippen molar-refractivity contribution in [3.8, 4) is 6.07 Å². The first-order valence-electron chi connectivity index (χ1n) is 13.5. The van der Waals surface area contributed by atoms with Crippen molar-refractivity contribution in [3.63, 3.8) is 0 Å². The molecule has 0 bridgehead atoms. The molecule has 12 heteroatoms. The van der Waals surface area contributed by atoms with Gasteiger partial charge in [0.1, 0.15) is 12.4 Å². The van der Waals surface area contributed by atoms with Crippen LogP contribution in [-0.4, -0.2) is 61.9 Å². The summed E-state index contributed by atoms with van der Waals surface area (Å²) in [6.07, 6.45) is 0. The van der Waals surface area contributed by atoms with E-state index in [0.717, 1.165) is 17.9 Å². The van der Waals surface area contributed by atoms with Crippen molar-refractivity contribution in [3.05, 3.63) is 88.7 Å². The number of hydrogen-bond donors (Lipinski definition) is 2. The van der Waals surface area contributed by atoms with Crippen LogP contribution in [0.5, 0.6) is 0 Å². The number of amides is 3. The largest absolute Gasteiger partial charge is 0.387 e. The molecule has 0 atom stereocenters. The van der Waals surface area contributed by atoms with E-state index in [1.165, 1.54) is 48.3 Å². The fourth-order valence-corrected chi connectivity index (χ4v) is 5.56. The van der Waals surface area contributed by atoms with Gasteiger partial charge in [0.2, 0.25) is 5.91 Å². The quantitative estimate of drug-likeness (QED) is 0.433. The van der Waals surface area contributed by atoms with Crippen LogP contribution < -0.4 is 20.4 Å². The van der Waals surface area contributed by atoms with Crippen LogP contribution in [0.2, 0.25) is 0 Å². The summed E-state index contributed by atoms with van der Waals surface area (Å²) in [7, 11) is 3.21. The van der Waals surface area contributed by atoms with Gasteiger partial charge >= 0.3 is 0 Å². The molecule has 3 aromatic carbocycles. The van der Waals surface area contributed by atoms with Crippen LogP contribution in [0.3, 0.4) is 0 Å². The number of carbonyl (C=O) groups excluding carboxylic acids is 3. The van der Waals surface area contributed by atoms with Crippen molar-refractivity contribution >= 4 is 34.8 Å². The lowest BCUT2D eigenvalue weighted by molar-refractivity contribution is -0.153. The molecule has 222 valence electrons. The SMILES string of the molecule is CNC(=O)c1cc(N2CC3(C2)C(=O)N(c2ccc(C#N)cc2F)CC(=O)N3Cc2ccc(C(C)(F)F)cc2)ccc1NC. The van der Waals surface area contributed by atoms with E-state index in [2.05, 4.69) is 10.6 Å². The third-order valence-corrected chi connectivity index (χ3v) is 7.94. The maximum Gasteiger partial charge on any atom is 0.270 e. The van der Waals surface area contributed by atoms with Gasteiger partial charge in [-0.3, -0.25) is 19.3 Å². The van der Waals surface area contributed by atoms with Crippen LogP contribution in [0.1, 0.15) is 34.0 Å². The van der Waals surface area contributed by atoms with Gasteiger partial charge in [0.05, 0.1) is 36.0 Å². The molecule has 2 N–H and O–H groups in total. The van der Waals surface area contributed by atoms with Crippen LogP contribution in [-0.2, 0) is 22.1 Å². The average Bonchev–Trinajstić information content (AvgIpc) is 2.97. The Balaban J connectivity index is 1.51. The highest BCUT2D eigenvalue weighted by Crippen LogP contribution is 2.40. The summed E-state index contributed by atoms with van der Waals surface area (Å²) >= 11 is 0. The molecule has 2 aliphatic rings. The van der Waals surface area contributed by atoms with Crippen molar-refractivity contribution in [1.82, 2.24) is 10.2 Å². The van der Waals surface area contributed by atoms with Gasteiger partial charge in [0.25, 0.3) is 17.7 Å². The maximum atomic E-state index is 15.1. The van der Waals surface area contributed by atoms with Crippen molar-refractivity contribution in [2.75, 3.05) is 48.8 Å². The van der Waals surface area contributed by atoms with E-state index in [4.69, 9.17) is 5.26 Å². The van der Waals surface area contributed by atoms with E-state index in [-0.39, 0.29) is 42.4 Å². The minimum absolute atomic E-state index is 0.0279. The zero-order valence-electron chi connectivity index (χ0n) is 23.7. The van der Waals surface area contributed by atoms with Crippen LogP contribution in [0, 0.1) is 17.1 Å². The normalized spacial score (nSPS) is 16.2. The molecular weight excluding hydrogens is 561 g/mol. The first-order valence-corrected chi connectivity index (χ1v) is 13.5. The summed E-state index contributed by atoms with van der Waals surface area (Å²) in [6.45, 7) is 0.417. The van der Waals surface area contributed by atoms with Crippen LogP contribution >= 0.6 is 0 Å². The molecule has 0 radical (unpaired) electrons. The molecule has 0 saturated carbocycles. The van der Waals surface area contributed by atoms with Gasteiger partial charge in [0.15, 0.2) is 5.54 Å². The highest BCUT2D eigenvalue weighted by atomic mass is 19.3. The Kier molecular flexibility index (Phi) is 7.52. The van der Waals surface area contributed by atoms with Crippen molar-refractivity contribution < 1.29 is 27.6 Å². The van der Waals surface area contributed by atoms with Gasteiger partial charge in [-0.2, -0.15) is 5.26 Å². The summed E-state index contributed by atoms with van der Waals surface area (Å²) in [5.41, 5.74) is 0.544. The highest BCUT2D eigenvalue weighted by molar-refractivity contribution is 6.11. The highest BCUT2D eigenvalue weighted by Gasteiger charge is 2.60. The summed E-state index contributed by atoms with van der Waals surface area (Å²) in [4.78, 5) is 44.7. The van der Waals surface area contributed by atoms with E-state index >= 15 is 4.39 Å². The smallest absolute Gasteiger partial charge is 0.270 e. The molecule has 2 aliphatic heterocycles. The lowest BCUT2D eigenvalue weighted by atomic mass is 9.82. The number of carbonyl (C=O) groups is 3. The standard InChI is InChI=1S/C31H29F3N6O3/c1-30(33,34)21-7-4-19(5-8-21)15-40-27(41)16-39(26-11-6-20(14-35)12-24(26)32)29(43)31(40)17-38(18-31)22-9-10-25(36-2)23(13-22)28(42)37-3/h4-13,36H,15-18H2,1-3H3,(H,37,42). The molecule has 1 spiro atoms. The van der Waals surface area contributed by atoms with Crippen molar-refractivity contribution in [2.24, 2.45) is 0 Å². The third-order valence-electron chi connectivity index (χ3n) is 7.94. The van der Waals surface area contributed by atoms with E-state index in [1.807, 2.05) is 11.0 Å². The first-order chi connectivity index (χ1) is 20.4. The van der Waals surface area contributed by atoms with E-state index in [9.17, 15) is 23.2 Å². The number of rotatable bonds is 7. The summed E-state index contributed by atoms with van der Waals surface area (Å²) in [5.74, 6) is -5.12. The molecule has 2 saturated heterocycles. The van der Waals surface area contributed by atoms with Gasteiger partial charge < -0.3 is 20.4 Å². The molecule has 43 heavy (non-hydrogen) atoms. The molecule has 3 aromatic rings. The molecule has 5 rings (SSSR count). The maximum absolute atomic E-state index is 15.1. The number of alkyl halides is 2. The molecular formula is C31H29F3N6O3. The number of halogens is 3. The van der Waals surface area contributed by atoms with Gasteiger partial charge in [-0.1, -0.05) is 24.3 Å². The third kappa shape index (κ3) is 5.22. The minimum atomic E-state index is -3.03. The number of benzene rings is 3. The Hall–Kier alpha value is -5.05. The van der Waals surface area contributed by atoms with E-state index < -0.39 is 35.6 Å². The number of hydrogen-bond acceptors (Lipinski definition) is 6. The molecule has 2 fully saturated rings. The van der Waals surface area contributed by atoms with Crippen LogP contribution in [0.4, 0.5) is 30.2 Å². The summed E-state index contributed by atoms with van der Waals surface area (Å²) in [5, 5.41) is 14.7. The molecule has 9 nitrogen and oxygen atoms in total. The van der Waals surface area contributed by atoms with Gasteiger partial charge in [0, 0.05) is 44.5 Å². The number of anilines is 3. The summed E-state index contributed by atoms with van der Waals surface area (Å²) in [6, 6.07) is 16.3. The molecule has 0 aromatic heterocycles. The molecule has 0 aliphatic carbocycles. The van der Waals surface area contributed by atoms with Crippen LogP contribution in [0.25, 0.3) is 0 Å². The zero-order chi connectivity index (χ0) is 31.1. The average molecular weight is 591 g/mol. The van der Waals surface area contributed by atoms with Gasteiger partial charge in [-0.15, -0.1) is 0 Å². The number of nitrogens with zero attached hydrogens (tertiary/aromatic N) is 4. The van der Waals surface area contributed by atoms with Crippen LogP contribution in [0.15, 0.2) is 60.7 Å². The van der Waals surface area contributed by atoms with Gasteiger partial charge in [-0.05, 0) is 42.0 Å². The van der Waals surface area contributed by atoms with E-state index in [1.54, 1.807) is 25.2 Å². The minimum Gasteiger partial charge on any atom is -0.387 e. The lowest BCUT2D eigenvalue weighted by Gasteiger charge is -2.58. The fourth-order valence-electron chi connectivity index (χ4n) is 5.56. The number of piperazine rings is 1. The second-order valence-electron chi connectivity index (χ2n) is 10.7. The Bertz CT molecular complexity index is 1640. The Morgan fingerprint density at radius 1 is 1.05 bits per heavy atom. The monoisotopic (exact) mass is 590 g/mol. The lowest BCUT2D eigenvalue weighted by Crippen LogP contribution is -2.81.